The van der Waals surface area contributed by atoms with Gasteiger partial charge in [0.2, 0.25) is 0 Å². The molecule has 1 saturated carbocycles. The monoisotopic (exact) mass is 270 g/mol. The summed E-state index contributed by atoms with van der Waals surface area (Å²) in [6.45, 7) is 13.4. The van der Waals surface area contributed by atoms with Gasteiger partial charge in [-0.2, -0.15) is 0 Å². The minimum absolute atomic E-state index is 0.259. The summed E-state index contributed by atoms with van der Waals surface area (Å²) in [4.78, 5) is 11.8. The second kappa shape index (κ2) is 5.87. The van der Waals surface area contributed by atoms with E-state index >= 15 is 0 Å². The minimum atomic E-state index is -1.68. The van der Waals surface area contributed by atoms with Crippen LogP contribution in [0.2, 0.25) is 18.1 Å². The van der Waals surface area contributed by atoms with E-state index in [1.807, 2.05) is 6.92 Å². The predicted molar refractivity (Wildman–Crippen MR) is 79.3 cm³/mol. The van der Waals surface area contributed by atoms with Gasteiger partial charge in [0, 0.05) is 18.4 Å². The molecule has 106 valence electrons. The molecule has 0 unspecified atom stereocenters. The third-order valence-corrected chi connectivity index (χ3v) is 9.23. The Balaban J connectivity index is 2.60. The van der Waals surface area contributed by atoms with Crippen molar-refractivity contribution in [2.45, 2.75) is 84.0 Å². The van der Waals surface area contributed by atoms with Crippen molar-refractivity contribution in [3.8, 4) is 0 Å². The first-order chi connectivity index (χ1) is 8.17. The highest BCUT2D eigenvalue weighted by atomic mass is 28.4. The topological polar surface area (TPSA) is 26.3 Å². The Hall–Kier alpha value is -0.153. The highest BCUT2D eigenvalue weighted by Gasteiger charge is 2.40. The summed E-state index contributed by atoms with van der Waals surface area (Å²) in [5.41, 5.74) is 0. The molecule has 0 aromatic carbocycles. The van der Waals surface area contributed by atoms with Crippen LogP contribution in [-0.4, -0.2) is 20.2 Å². The zero-order valence-corrected chi connectivity index (χ0v) is 14.0. The third kappa shape index (κ3) is 3.92. The lowest BCUT2D eigenvalue weighted by atomic mass is 9.84. The van der Waals surface area contributed by atoms with Gasteiger partial charge in [0.1, 0.15) is 5.78 Å². The molecule has 2 nitrogen and oxygen atoms in total. The number of Topliss-reactive ketones (excluding diaryl/α,β-unsaturated/α-hetero) is 1. The Kier molecular flexibility index (Phi) is 5.19. The fourth-order valence-corrected chi connectivity index (χ4v) is 3.83. The van der Waals surface area contributed by atoms with Crippen molar-refractivity contribution in [1.29, 1.82) is 0 Å². The highest BCUT2D eigenvalue weighted by Crippen LogP contribution is 2.39. The summed E-state index contributed by atoms with van der Waals surface area (Å²) in [6, 6.07) is 0. The van der Waals surface area contributed by atoms with Gasteiger partial charge < -0.3 is 4.43 Å². The van der Waals surface area contributed by atoms with Crippen molar-refractivity contribution in [2.75, 3.05) is 0 Å². The van der Waals surface area contributed by atoms with Gasteiger partial charge in [-0.15, -0.1) is 0 Å². The lowest BCUT2D eigenvalue weighted by Crippen LogP contribution is -2.45. The number of carbonyl (C=O) groups is 1. The number of hydrogen-bond acceptors (Lipinski definition) is 2. The summed E-state index contributed by atoms with van der Waals surface area (Å²) in [5, 5.41) is 0.259. The molecule has 0 aromatic rings. The second-order valence-electron chi connectivity index (χ2n) is 7.18. The van der Waals surface area contributed by atoms with Crippen LogP contribution in [0.15, 0.2) is 0 Å². The van der Waals surface area contributed by atoms with Crippen molar-refractivity contribution < 1.29 is 9.22 Å². The van der Waals surface area contributed by atoms with E-state index in [-0.39, 0.29) is 11.0 Å². The van der Waals surface area contributed by atoms with Gasteiger partial charge in [-0.1, -0.05) is 34.1 Å². The summed E-state index contributed by atoms with van der Waals surface area (Å²) < 4.78 is 6.45. The van der Waals surface area contributed by atoms with E-state index in [1.54, 1.807) is 0 Å². The summed E-state index contributed by atoms with van der Waals surface area (Å²) >= 11 is 0. The van der Waals surface area contributed by atoms with E-state index in [1.165, 1.54) is 0 Å². The molecule has 0 aromatic heterocycles. The Morgan fingerprint density at radius 3 is 2.39 bits per heavy atom. The number of carbonyl (C=O) groups excluding carboxylic acids is 1. The molecule has 0 spiro atoms. The van der Waals surface area contributed by atoms with Crippen LogP contribution in [0.5, 0.6) is 0 Å². The number of ketones is 1. The second-order valence-corrected chi connectivity index (χ2v) is 11.9. The minimum Gasteiger partial charge on any atom is -0.414 e. The van der Waals surface area contributed by atoms with Crippen LogP contribution in [0.4, 0.5) is 0 Å². The first-order valence-corrected chi connectivity index (χ1v) is 10.3. The van der Waals surface area contributed by atoms with Gasteiger partial charge in [0.15, 0.2) is 8.32 Å². The maximum Gasteiger partial charge on any atom is 0.192 e. The average molecular weight is 270 g/mol. The van der Waals surface area contributed by atoms with Crippen molar-refractivity contribution in [3.63, 3.8) is 0 Å². The maximum atomic E-state index is 11.8. The molecule has 3 heteroatoms. The third-order valence-electron chi connectivity index (χ3n) is 4.70. The smallest absolute Gasteiger partial charge is 0.192 e. The molecule has 1 aliphatic carbocycles. The number of rotatable bonds is 4. The average Bonchev–Trinajstić information content (AvgIpc) is 2.26. The molecule has 0 bridgehead atoms. The van der Waals surface area contributed by atoms with Crippen molar-refractivity contribution in [3.05, 3.63) is 0 Å². The fraction of sp³-hybridized carbons (Fsp3) is 0.933. The van der Waals surface area contributed by atoms with Gasteiger partial charge in [-0.3, -0.25) is 4.79 Å². The van der Waals surface area contributed by atoms with E-state index in [4.69, 9.17) is 4.43 Å². The van der Waals surface area contributed by atoms with E-state index < -0.39 is 8.32 Å². The molecule has 0 N–H and O–H groups in total. The highest BCUT2D eigenvalue weighted by molar-refractivity contribution is 6.74. The Bertz CT molecular complexity index is 291. The van der Waals surface area contributed by atoms with Crippen LogP contribution in [0.3, 0.4) is 0 Å². The van der Waals surface area contributed by atoms with Crippen LogP contribution in [0.25, 0.3) is 0 Å². The first-order valence-electron chi connectivity index (χ1n) is 7.38. The van der Waals surface area contributed by atoms with Gasteiger partial charge in [-0.25, -0.2) is 0 Å². The SMILES string of the molecule is CCC(=O)[C@H]1CCC[C@@H](O[Si](C)(C)C(C)(C)C)C1. The summed E-state index contributed by atoms with van der Waals surface area (Å²) in [5.74, 6) is 0.692. The van der Waals surface area contributed by atoms with E-state index in [0.29, 0.717) is 18.3 Å². The molecule has 2 atom stereocenters. The zero-order chi connectivity index (χ0) is 14.0. The number of hydrogen-bond donors (Lipinski definition) is 0. The molecular weight excluding hydrogens is 240 g/mol. The zero-order valence-electron chi connectivity index (χ0n) is 13.0. The predicted octanol–water partition coefficient (Wildman–Crippen LogP) is 4.55. The summed E-state index contributed by atoms with van der Waals surface area (Å²) in [6.07, 6.45) is 5.32. The van der Waals surface area contributed by atoms with Gasteiger partial charge in [0.05, 0.1) is 0 Å². The largest absolute Gasteiger partial charge is 0.414 e. The van der Waals surface area contributed by atoms with Gasteiger partial charge >= 0.3 is 0 Å². The van der Waals surface area contributed by atoms with Crippen LogP contribution < -0.4 is 0 Å². The van der Waals surface area contributed by atoms with Gasteiger partial charge in [-0.05, 0) is 37.4 Å². The Morgan fingerprint density at radius 2 is 1.89 bits per heavy atom. The fourth-order valence-electron chi connectivity index (χ4n) is 2.43. The molecule has 0 radical (unpaired) electrons. The quantitative estimate of drug-likeness (QED) is 0.701. The molecule has 1 aliphatic rings. The van der Waals surface area contributed by atoms with Gasteiger partial charge in [0.25, 0.3) is 0 Å². The van der Waals surface area contributed by atoms with Crippen LogP contribution in [0.1, 0.15) is 59.8 Å². The van der Waals surface area contributed by atoms with Crippen LogP contribution in [0, 0.1) is 5.92 Å². The molecular formula is C15H30O2Si. The molecule has 1 fully saturated rings. The van der Waals surface area contributed by atoms with Crippen LogP contribution in [-0.2, 0) is 9.22 Å². The standard InChI is InChI=1S/C15H30O2Si/c1-7-14(16)12-9-8-10-13(11-12)17-18(5,6)15(2,3)4/h12-13H,7-11H2,1-6H3/t12-,13+/m0/s1. The van der Waals surface area contributed by atoms with E-state index in [9.17, 15) is 4.79 Å². The molecule has 0 aliphatic heterocycles. The molecule has 18 heavy (non-hydrogen) atoms. The lowest BCUT2D eigenvalue weighted by Gasteiger charge is -2.41. The molecule has 0 saturated heterocycles. The van der Waals surface area contributed by atoms with E-state index in [0.717, 1.165) is 25.7 Å². The van der Waals surface area contributed by atoms with Crippen molar-refractivity contribution >= 4 is 14.1 Å². The molecule has 0 heterocycles. The molecule has 0 amide bonds. The summed E-state index contributed by atoms with van der Waals surface area (Å²) in [7, 11) is -1.68. The molecule has 1 rings (SSSR count). The first kappa shape index (κ1) is 15.9. The van der Waals surface area contributed by atoms with Crippen molar-refractivity contribution in [1.82, 2.24) is 0 Å². The Labute approximate surface area is 114 Å². The van der Waals surface area contributed by atoms with Crippen LogP contribution >= 0.6 is 0 Å². The lowest BCUT2D eigenvalue weighted by molar-refractivity contribution is -0.124. The normalized spacial score (nSPS) is 26.1. The van der Waals surface area contributed by atoms with Crippen molar-refractivity contribution in [2.24, 2.45) is 5.92 Å². The Morgan fingerprint density at radius 1 is 1.28 bits per heavy atom. The maximum absolute atomic E-state index is 11.8. The van der Waals surface area contributed by atoms with E-state index in [2.05, 4.69) is 33.9 Å².